The van der Waals surface area contributed by atoms with Gasteiger partial charge in [0.1, 0.15) is 11.8 Å². The van der Waals surface area contributed by atoms with E-state index < -0.39 is 33.4 Å². The summed E-state index contributed by atoms with van der Waals surface area (Å²) in [5, 5.41) is 12.8. The Kier molecular flexibility index (Phi) is 5.92. The van der Waals surface area contributed by atoms with Crippen molar-refractivity contribution in [2.45, 2.75) is 55.2 Å². The lowest BCUT2D eigenvalue weighted by Crippen LogP contribution is -2.54. The van der Waals surface area contributed by atoms with Gasteiger partial charge in [0.2, 0.25) is 11.8 Å². The lowest BCUT2D eigenvalue weighted by atomic mass is 9.66. The zero-order chi connectivity index (χ0) is 23.3. The first-order chi connectivity index (χ1) is 15.2. The van der Waals surface area contributed by atoms with Gasteiger partial charge in [-0.2, -0.15) is 0 Å². The second kappa shape index (κ2) is 8.26. The minimum atomic E-state index is -0.796. The summed E-state index contributed by atoms with van der Waals surface area (Å²) in [6.45, 7) is 5.44. The second-order valence-corrected chi connectivity index (χ2v) is 10.9. The number of nitrogens with one attached hydrogen (secondary N) is 1. The molecule has 1 aromatic carbocycles. The van der Waals surface area contributed by atoms with Gasteiger partial charge in [-0.1, -0.05) is 0 Å². The Hall–Kier alpha value is -2.26. The first kappa shape index (κ1) is 22.9. The van der Waals surface area contributed by atoms with E-state index in [-0.39, 0.29) is 31.0 Å². The van der Waals surface area contributed by atoms with Crippen molar-refractivity contribution in [3.8, 4) is 5.75 Å². The number of esters is 1. The van der Waals surface area contributed by atoms with E-state index >= 15 is 0 Å². The molecule has 2 N–H and O–H groups in total. The normalized spacial score (nSPS) is 33.7. The lowest BCUT2D eigenvalue weighted by Gasteiger charge is -2.35. The fraction of sp³-hybridized carbons (Fsp3) is 0.609. The number of thioether (sulfide) groups is 1. The smallest absolute Gasteiger partial charge is 0.311 e. The topological polar surface area (TPSA) is 105 Å². The highest BCUT2D eigenvalue weighted by atomic mass is 32.2. The largest absolute Gasteiger partial charge is 0.497 e. The lowest BCUT2D eigenvalue weighted by molar-refractivity contribution is -0.155. The maximum absolute atomic E-state index is 13.7. The van der Waals surface area contributed by atoms with Crippen molar-refractivity contribution in [3.63, 3.8) is 0 Å². The highest BCUT2D eigenvalue weighted by Crippen LogP contribution is 2.71. The molecule has 4 rings (SSSR count). The molecule has 1 spiro atoms. The Balaban J connectivity index is 1.72. The van der Waals surface area contributed by atoms with Gasteiger partial charge in [-0.05, 0) is 57.9 Å². The fourth-order valence-corrected chi connectivity index (χ4v) is 8.03. The van der Waals surface area contributed by atoms with E-state index in [4.69, 9.17) is 9.47 Å². The molecule has 174 valence electrons. The maximum atomic E-state index is 13.7. The monoisotopic (exact) mass is 462 g/mol. The average molecular weight is 463 g/mol. The first-order valence-corrected chi connectivity index (χ1v) is 11.8. The second-order valence-electron chi connectivity index (χ2n) is 8.97. The van der Waals surface area contributed by atoms with Crippen LogP contribution in [0.25, 0.3) is 0 Å². The van der Waals surface area contributed by atoms with E-state index in [0.717, 1.165) is 6.42 Å². The van der Waals surface area contributed by atoms with Crippen LogP contribution in [-0.4, -0.2) is 69.7 Å². The minimum Gasteiger partial charge on any atom is -0.497 e. The number of carbonyl (C=O) groups is 3. The number of aliphatic hydroxyl groups is 1. The summed E-state index contributed by atoms with van der Waals surface area (Å²) >= 11 is 1.58. The van der Waals surface area contributed by atoms with Crippen LogP contribution < -0.4 is 10.1 Å². The Labute approximate surface area is 192 Å². The Morgan fingerprint density at radius 3 is 2.59 bits per heavy atom. The van der Waals surface area contributed by atoms with Crippen LogP contribution in [0.1, 0.15) is 33.6 Å². The van der Waals surface area contributed by atoms with Crippen molar-refractivity contribution < 1.29 is 29.0 Å². The van der Waals surface area contributed by atoms with Crippen molar-refractivity contribution in [1.29, 1.82) is 0 Å². The quantitative estimate of drug-likeness (QED) is 0.598. The van der Waals surface area contributed by atoms with E-state index in [0.29, 0.717) is 17.9 Å². The summed E-state index contributed by atoms with van der Waals surface area (Å²) in [7, 11) is 1.57. The summed E-state index contributed by atoms with van der Waals surface area (Å²) < 4.78 is 9.33. The number of ether oxygens (including phenoxy) is 2. The van der Waals surface area contributed by atoms with Crippen LogP contribution in [0, 0.1) is 11.8 Å². The molecule has 6 atom stereocenters. The number of anilines is 1. The van der Waals surface area contributed by atoms with Gasteiger partial charge >= 0.3 is 5.97 Å². The molecule has 8 nitrogen and oxygen atoms in total. The van der Waals surface area contributed by atoms with Crippen LogP contribution in [0.2, 0.25) is 0 Å². The van der Waals surface area contributed by atoms with Crippen LogP contribution in [-0.2, 0) is 19.1 Å². The van der Waals surface area contributed by atoms with Gasteiger partial charge in [-0.15, -0.1) is 11.8 Å². The van der Waals surface area contributed by atoms with Crippen LogP contribution in [0.3, 0.4) is 0 Å². The fourth-order valence-electron chi connectivity index (χ4n) is 5.70. The third kappa shape index (κ3) is 3.28. The zero-order valence-corrected chi connectivity index (χ0v) is 19.6. The molecule has 32 heavy (non-hydrogen) atoms. The summed E-state index contributed by atoms with van der Waals surface area (Å²) in [6, 6.07) is 5.63. The predicted molar refractivity (Wildman–Crippen MR) is 120 cm³/mol. The SMILES string of the molecule is CCOC(=O)[C@@H]1[C@H]2C(=O)N([C@H](C)CO)C(C(=O)Nc3ccc(OC)cc3)C23CC[C@@]1(C)S3. The molecule has 0 radical (unpaired) electrons. The van der Waals surface area contributed by atoms with E-state index in [1.54, 1.807) is 57.0 Å². The third-order valence-corrected chi connectivity index (χ3v) is 9.09. The summed E-state index contributed by atoms with van der Waals surface area (Å²) in [6.07, 6.45) is 1.37. The number of rotatable bonds is 7. The number of hydrogen-bond donors (Lipinski definition) is 2. The van der Waals surface area contributed by atoms with Gasteiger partial charge in [0.05, 0.1) is 42.9 Å². The summed E-state index contributed by atoms with van der Waals surface area (Å²) in [4.78, 5) is 41.7. The number of carbonyl (C=O) groups excluding carboxylic acids is 3. The van der Waals surface area contributed by atoms with E-state index in [1.165, 1.54) is 4.90 Å². The number of fused-ring (bicyclic) bond motifs is 1. The molecule has 2 bridgehead atoms. The van der Waals surface area contributed by atoms with Crippen molar-refractivity contribution in [1.82, 2.24) is 4.90 Å². The highest BCUT2D eigenvalue weighted by Gasteiger charge is 2.77. The van der Waals surface area contributed by atoms with Crippen molar-refractivity contribution in [2.75, 3.05) is 25.6 Å². The van der Waals surface area contributed by atoms with Gasteiger partial charge in [-0.3, -0.25) is 14.4 Å². The molecule has 2 amide bonds. The van der Waals surface area contributed by atoms with Crippen LogP contribution in [0.5, 0.6) is 5.75 Å². The van der Waals surface area contributed by atoms with Crippen molar-refractivity contribution in [2.24, 2.45) is 11.8 Å². The molecule has 2 unspecified atom stereocenters. The number of nitrogens with zero attached hydrogens (tertiary/aromatic N) is 1. The molecule has 3 aliphatic rings. The minimum absolute atomic E-state index is 0.238. The van der Waals surface area contributed by atoms with Crippen LogP contribution in [0.4, 0.5) is 5.69 Å². The van der Waals surface area contributed by atoms with Crippen LogP contribution in [0.15, 0.2) is 24.3 Å². The Bertz CT molecular complexity index is 924. The van der Waals surface area contributed by atoms with Gasteiger partial charge in [0, 0.05) is 10.4 Å². The summed E-state index contributed by atoms with van der Waals surface area (Å²) in [5.74, 6) is -1.53. The molecule has 3 fully saturated rings. The van der Waals surface area contributed by atoms with Crippen molar-refractivity contribution >= 4 is 35.2 Å². The van der Waals surface area contributed by atoms with E-state index in [1.807, 2.05) is 6.92 Å². The van der Waals surface area contributed by atoms with Crippen molar-refractivity contribution in [3.05, 3.63) is 24.3 Å². The zero-order valence-electron chi connectivity index (χ0n) is 18.8. The maximum Gasteiger partial charge on any atom is 0.311 e. The standard InChI is InChI=1S/C23H30N2O6S/c1-5-31-21(29)17-16-20(28)25(13(2)12-26)18(23(16)11-10-22(17,3)32-23)19(27)24-14-6-8-15(30-4)9-7-14/h6-9,13,16-18,26H,5,10-12H2,1-4H3,(H,24,27)/t13-,16+,17+,18?,22-,23?/m1/s1. The molecule has 3 saturated heterocycles. The molecule has 1 aromatic rings. The molecule has 3 heterocycles. The molecule has 0 aliphatic carbocycles. The highest BCUT2D eigenvalue weighted by molar-refractivity contribution is 8.02. The molecule has 0 saturated carbocycles. The number of hydrogen-bond acceptors (Lipinski definition) is 7. The van der Waals surface area contributed by atoms with E-state index in [2.05, 4.69) is 5.32 Å². The Morgan fingerprint density at radius 2 is 2.00 bits per heavy atom. The number of likely N-dealkylation sites (tertiary alicyclic amines) is 1. The van der Waals surface area contributed by atoms with Gasteiger partial charge < -0.3 is 24.8 Å². The van der Waals surface area contributed by atoms with Crippen LogP contribution >= 0.6 is 11.8 Å². The molecule has 0 aromatic heterocycles. The number of benzene rings is 1. The number of methoxy groups -OCH3 is 1. The third-order valence-electron chi connectivity index (χ3n) is 7.10. The molecular formula is C23H30N2O6S. The average Bonchev–Trinajstić information content (AvgIpc) is 3.34. The van der Waals surface area contributed by atoms with Gasteiger partial charge in [-0.25, -0.2) is 0 Å². The number of aliphatic hydroxyl groups excluding tert-OH is 1. The van der Waals surface area contributed by atoms with Gasteiger partial charge in [0.25, 0.3) is 0 Å². The predicted octanol–water partition coefficient (Wildman–Crippen LogP) is 2.06. The number of amides is 2. The summed E-state index contributed by atoms with van der Waals surface area (Å²) in [5.41, 5.74) is 0.588. The van der Waals surface area contributed by atoms with Gasteiger partial charge in [0.15, 0.2) is 0 Å². The first-order valence-electron chi connectivity index (χ1n) is 11.0. The Morgan fingerprint density at radius 1 is 1.31 bits per heavy atom. The molecular weight excluding hydrogens is 432 g/mol. The molecule has 3 aliphatic heterocycles. The van der Waals surface area contributed by atoms with E-state index in [9.17, 15) is 19.5 Å². The molecule has 9 heteroatoms.